The fourth-order valence-electron chi connectivity index (χ4n) is 3.65. The van der Waals surface area contributed by atoms with Gasteiger partial charge in [-0.25, -0.2) is 8.42 Å². The standard InChI is InChI=1S/C22H28N2O4S/c1-4-24(18-10-8-9-17(2)15-18)22(25)20-16-19(11-12-21(20)28-3)29(26,27)23-13-6-5-7-14-23/h8-12,15-16H,4-7,13-14H2,1-3H3. The van der Waals surface area contributed by atoms with E-state index in [-0.39, 0.29) is 16.4 Å². The van der Waals surface area contributed by atoms with E-state index in [1.54, 1.807) is 11.0 Å². The van der Waals surface area contributed by atoms with Crippen molar-refractivity contribution in [3.8, 4) is 5.75 Å². The molecule has 0 bridgehead atoms. The Kier molecular flexibility index (Phi) is 6.59. The average Bonchev–Trinajstić information content (AvgIpc) is 2.74. The van der Waals surface area contributed by atoms with Gasteiger partial charge in [0, 0.05) is 25.3 Å². The summed E-state index contributed by atoms with van der Waals surface area (Å²) in [6.07, 6.45) is 2.76. The number of carbonyl (C=O) groups excluding carboxylic acids is 1. The van der Waals surface area contributed by atoms with Crippen LogP contribution in [0, 0.1) is 6.92 Å². The van der Waals surface area contributed by atoms with E-state index in [1.807, 2.05) is 38.1 Å². The van der Waals surface area contributed by atoms with Gasteiger partial charge in [0.25, 0.3) is 5.91 Å². The zero-order chi connectivity index (χ0) is 21.0. The maximum Gasteiger partial charge on any atom is 0.262 e. The van der Waals surface area contributed by atoms with Crippen LogP contribution >= 0.6 is 0 Å². The summed E-state index contributed by atoms with van der Waals surface area (Å²) in [5.74, 6) is 0.0735. The Bertz CT molecular complexity index is 982. The zero-order valence-corrected chi connectivity index (χ0v) is 18.0. The first-order chi connectivity index (χ1) is 13.9. The molecule has 0 saturated carbocycles. The lowest BCUT2D eigenvalue weighted by atomic mass is 10.1. The lowest BCUT2D eigenvalue weighted by Gasteiger charge is -2.27. The summed E-state index contributed by atoms with van der Waals surface area (Å²) >= 11 is 0. The summed E-state index contributed by atoms with van der Waals surface area (Å²) < 4.78 is 33.0. The van der Waals surface area contributed by atoms with Crippen molar-refractivity contribution >= 4 is 21.6 Å². The molecule has 0 aliphatic carbocycles. The molecule has 0 aromatic heterocycles. The van der Waals surface area contributed by atoms with Gasteiger partial charge in [-0.3, -0.25) is 4.79 Å². The highest BCUT2D eigenvalue weighted by Crippen LogP contribution is 2.29. The fourth-order valence-corrected chi connectivity index (χ4v) is 5.20. The molecule has 1 saturated heterocycles. The Balaban J connectivity index is 2.01. The normalized spacial score (nSPS) is 15.1. The minimum atomic E-state index is -3.64. The van der Waals surface area contributed by atoms with Gasteiger partial charge in [-0.2, -0.15) is 4.31 Å². The Morgan fingerprint density at radius 1 is 1.10 bits per heavy atom. The number of ether oxygens (including phenoxy) is 1. The Morgan fingerprint density at radius 2 is 1.83 bits per heavy atom. The van der Waals surface area contributed by atoms with Gasteiger partial charge in [0.05, 0.1) is 17.6 Å². The van der Waals surface area contributed by atoms with E-state index in [1.165, 1.54) is 23.5 Å². The van der Waals surface area contributed by atoms with Crippen LogP contribution in [0.25, 0.3) is 0 Å². The number of hydrogen-bond donors (Lipinski definition) is 0. The van der Waals surface area contributed by atoms with Crippen LogP contribution in [0.2, 0.25) is 0 Å². The quantitative estimate of drug-likeness (QED) is 0.717. The highest BCUT2D eigenvalue weighted by molar-refractivity contribution is 7.89. The van der Waals surface area contributed by atoms with Crippen LogP contribution in [0.1, 0.15) is 42.1 Å². The first kappa shape index (κ1) is 21.3. The highest BCUT2D eigenvalue weighted by Gasteiger charge is 2.28. The van der Waals surface area contributed by atoms with Crippen LogP contribution < -0.4 is 9.64 Å². The van der Waals surface area contributed by atoms with Crippen molar-refractivity contribution in [1.82, 2.24) is 4.31 Å². The first-order valence-electron chi connectivity index (χ1n) is 9.95. The molecule has 0 N–H and O–H groups in total. The van der Waals surface area contributed by atoms with Gasteiger partial charge in [-0.15, -0.1) is 0 Å². The lowest BCUT2D eigenvalue weighted by molar-refractivity contribution is 0.0985. The van der Waals surface area contributed by atoms with Gasteiger partial charge in [0.2, 0.25) is 10.0 Å². The molecule has 2 aromatic carbocycles. The third-order valence-electron chi connectivity index (χ3n) is 5.23. The van der Waals surface area contributed by atoms with E-state index in [2.05, 4.69) is 0 Å². The predicted octanol–water partition coefficient (Wildman–Crippen LogP) is 3.84. The van der Waals surface area contributed by atoms with Crippen molar-refractivity contribution in [2.24, 2.45) is 0 Å². The predicted molar refractivity (Wildman–Crippen MR) is 114 cm³/mol. The van der Waals surface area contributed by atoms with Gasteiger partial charge in [0.15, 0.2) is 0 Å². The number of amides is 1. The van der Waals surface area contributed by atoms with Crippen molar-refractivity contribution in [2.75, 3.05) is 31.6 Å². The summed E-state index contributed by atoms with van der Waals surface area (Å²) in [5.41, 5.74) is 2.06. The Hall–Kier alpha value is -2.38. The molecule has 1 aliphatic heterocycles. The van der Waals surface area contributed by atoms with Crippen LogP contribution in [-0.2, 0) is 10.0 Å². The van der Waals surface area contributed by atoms with Crippen LogP contribution in [-0.4, -0.2) is 45.4 Å². The van der Waals surface area contributed by atoms with Crippen molar-refractivity contribution in [2.45, 2.75) is 38.0 Å². The number of anilines is 1. The van der Waals surface area contributed by atoms with E-state index in [4.69, 9.17) is 4.74 Å². The van der Waals surface area contributed by atoms with Crippen molar-refractivity contribution in [3.05, 3.63) is 53.6 Å². The number of rotatable bonds is 6. The molecule has 1 amide bonds. The molecular formula is C22H28N2O4S. The number of piperidine rings is 1. The zero-order valence-electron chi connectivity index (χ0n) is 17.2. The Labute approximate surface area is 173 Å². The molecule has 0 atom stereocenters. The van der Waals surface area contributed by atoms with Crippen LogP contribution in [0.4, 0.5) is 5.69 Å². The molecule has 29 heavy (non-hydrogen) atoms. The highest BCUT2D eigenvalue weighted by atomic mass is 32.2. The number of benzene rings is 2. The molecule has 0 radical (unpaired) electrons. The number of hydrogen-bond acceptors (Lipinski definition) is 4. The van der Waals surface area contributed by atoms with E-state index in [9.17, 15) is 13.2 Å². The molecule has 0 spiro atoms. The van der Waals surface area contributed by atoms with Gasteiger partial charge < -0.3 is 9.64 Å². The second-order valence-electron chi connectivity index (χ2n) is 7.22. The van der Waals surface area contributed by atoms with Crippen LogP contribution in [0.3, 0.4) is 0 Å². The SMILES string of the molecule is CCN(C(=O)c1cc(S(=O)(=O)N2CCCCC2)ccc1OC)c1cccc(C)c1. The van der Waals surface area contributed by atoms with Crippen LogP contribution in [0.15, 0.2) is 47.4 Å². The summed E-state index contributed by atoms with van der Waals surface area (Å²) in [5, 5.41) is 0. The summed E-state index contributed by atoms with van der Waals surface area (Å²) in [7, 11) is -2.16. The lowest BCUT2D eigenvalue weighted by Crippen LogP contribution is -2.36. The molecule has 1 aliphatic rings. The van der Waals surface area contributed by atoms with Gasteiger partial charge in [0.1, 0.15) is 5.75 Å². The minimum absolute atomic E-state index is 0.129. The fraction of sp³-hybridized carbons (Fsp3) is 0.409. The maximum absolute atomic E-state index is 13.4. The first-order valence-corrected chi connectivity index (χ1v) is 11.4. The summed E-state index contributed by atoms with van der Waals surface area (Å²) in [4.78, 5) is 15.1. The van der Waals surface area contributed by atoms with Crippen molar-refractivity contribution in [1.29, 1.82) is 0 Å². The maximum atomic E-state index is 13.4. The second kappa shape index (κ2) is 8.97. The average molecular weight is 417 g/mol. The number of methoxy groups -OCH3 is 1. The smallest absolute Gasteiger partial charge is 0.262 e. The third-order valence-corrected chi connectivity index (χ3v) is 7.12. The minimum Gasteiger partial charge on any atom is -0.496 e. The molecule has 0 unspecified atom stereocenters. The van der Waals surface area contributed by atoms with Crippen molar-refractivity contribution in [3.63, 3.8) is 0 Å². The molecule has 6 nitrogen and oxygen atoms in total. The monoisotopic (exact) mass is 416 g/mol. The number of carbonyl (C=O) groups is 1. The molecular weight excluding hydrogens is 388 g/mol. The largest absolute Gasteiger partial charge is 0.496 e. The summed E-state index contributed by atoms with van der Waals surface area (Å²) in [6.45, 7) is 5.34. The topological polar surface area (TPSA) is 66.9 Å². The van der Waals surface area contributed by atoms with E-state index >= 15 is 0 Å². The molecule has 1 fully saturated rings. The molecule has 156 valence electrons. The molecule has 7 heteroatoms. The number of aryl methyl sites for hydroxylation is 1. The molecule has 2 aromatic rings. The van der Waals surface area contributed by atoms with Crippen molar-refractivity contribution < 1.29 is 17.9 Å². The van der Waals surface area contributed by atoms with Gasteiger partial charge >= 0.3 is 0 Å². The number of sulfonamides is 1. The second-order valence-corrected chi connectivity index (χ2v) is 9.15. The van der Waals surface area contributed by atoms with Gasteiger partial charge in [-0.05, 0) is 62.6 Å². The molecule has 1 heterocycles. The Morgan fingerprint density at radius 3 is 2.45 bits per heavy atom. The molecule has 3 rings (SSSR count). The third kappa shape index (κ3) is 4.46. The van der Waals surface area contributed by atoms with Crippen LogP contribution in [0.5, 0.6) is 5.75 Å². The van der Waals surface area contributed by atoms with E-state index in [0.717, 1.165) is 30.5 Å². The van der Waals surface area contributed by atoms with Gasteiger partial charge in [-0.1, -0.05) is 18.6 Å². The van der Waals surface area contributed by atoms with E-state index < -0.39 is 10.0 Å². The van der Waals surface area contributed by atoms with E-state index in [0.29, 0.717) is 25.4 Å². The summed E-state index contributed by atoms with van der Waals surface area (Å²) in [6, 6.07) is 12.2. The number of nitrogens with zero attached hydrogens (tertiary/aromatic N) is 2.